The van der Waals surface area contributed by atoms with Crippen LogP contribution in [0.1, 0.15) is 12.0 Å². The molecule has 1 aromatic carbocycles. The molecule has 1 aromatic rings. The highest BCUT2D eigenvalue weighted by atomic mass is 19.4. The third-order valence-electron chi connectivity index (χ3n) is 2.63. The monoisotopic (exact) mass is 332 g/mol. The Kier molecular flexibility index (Phi) is 6.36. The maximum absolute atomic E-state index is 11.1. The number of anilines is 1. The van der Waals surface area contributed by atoms with Crippen molar-refractivity contribution in [2.24, 2.45) is 5.10 Å². The molecule has 1 aliphatic rings. The van der Waals surface area contributed by atoms with Gasteiger partial charge in [0.15, 0.2) is 0 Å². The van der Waals surface area contributed by atoms with Crippen LogP contribution in [0.2, 0.25) is 0 Å². The Bertz CT molecular complexity index is 585. The van der Waals surface area contributed by atoms with Crippen LogP contribution in [-0.4, -0.2) is 42.6 Å². The topological polar surface area (TPSA) is 103 Å². The normalized spacial score (nSPS) is 13.1. The van der Waals surface area contributed by atoms with Crippen molar-refractivity contribution in [3.05, 3.63) is 29.8 Å². The molecule has 2 rings (SSSR count). The Morgan fingerprint density at radius 1 is 1.26 bits per heavy atom. The zero-order valence-corrected chi connectivity index (χ0v) is 12.1. The third-order valence-corrected chi connectivity index (χ3v) is 2.63. The van der Waals surface area contributed by atoms with Gasteiger partial charge >= 0.3 is 18.2 Å². The number of nitrogens with one attached hydrogen (secondary N) is 3. The second-order valence-electron chi connectivity index (χ2n) is 4.30. The van der Waals surface area contributed by atoms with Crippen LogP contribution in [0.15, 0.2) is 29.4 Å². The van der Waals surface area contributed by atoms with Gasteiger partial charge in [0.25, 0.3) is 0 Å². The number of rotatable bonds is 2. The van der Waals surface area contributed by atoms with Gasteiger partial charge in [0.1, 0.15) is 0 Å². The molecule has 0 atom stereocenters. The summed E-state index contributed by atoms with van der Waals surface area (Å²) in [5.41, 5.74) is 5.86. The lowest BCUT2D eigenvalue weighted by Crippen LogP contribution is -2.24. The van der Waals surface area contributed by atoms with E-state index in [1.54, 1.807) is 7.05 Å². The van der Waals surface area contributed by atoms with Gasteiger partial charge in [0.2, 0.25) is 0 Å². The number of amides is 2. The number of carboxylic acid groups (broad SMARTS) is 1. The average molecular weight is 332 g/mol. The summed E-state index contributed by atoms with van der Waals surface area (Å²) in [5.74, 6) is -2.76. The smallest absolute Gasteiger partial charge is 0.475 e. The summed E-state index contributed by atoms with van der Waals surface area (Å²) in [6.07, 6.45) is -4.14. The van der Waals surface area contributed by atoms with E-state index in [0.29, 0.717) is 0 Å². The molecule has 0 aromatic heterocycles. The van der Waals surface area contributed by atoms with Gasteiger partial charge < -0.3 is 21.2 Å². The second kappa shape index (κ2) is 8.01. The number of aliphatic carboxylic acids is 1. The number of carboxylic acids is 1. The molecule has 4 N–H and O–H groups in total. The molecule has 0 spiro atoms. The van der Waals surface area contributed by atoms with Crippen molar-refractivity contribution in [3.8, 4) is 0 Å². The molecule has 0 aliphatic carbocycles. The summed E-state index contributed by atoms with van der Waals surface area (Å²) in [6, 6.07) is 7.43. The van der Waals surface area contributed by atoms with E-state index in [2.05, 4.69) is 21.2 Å². The number of benzene rings is 1. The van der Waals surface area contributed by atoms with Gasteiger partial charge in [-0.2, -0.15) is 18.3 Å². The summed E-state index contributed by atoms with van der Waals surface area (Å²) in [5, 5.41) is 16.5. The van der Waals surface area contributed by atoms with E-state index in [1.807, 2.05) is 24.3 Å². The van der Waals surface area contributed by atoms with E-state index < -0.39 is 12.1 Å². The van der Waals surface area contributed by atoms with Gasteiger partial charge in [-0.3, -0.25) is 0 Å². The predicted octanol–water partition coefficient (Wildman–Crippen LogP) is 1.77. The Balaban J connectivity index is 0.000000322. The zero-order valence-electron chi connectivity index (χ0n) is 12.1. The Labute approximate surface area is 129 Å². The van der Waals surface area contributed by atoms with Crippen molar-refractivity contribution < 1.29 is 27.9 Å². The molecule has 0 fully saturated rings. The standard InChI is InChI=1S/C11H14N4O.C2HF3O2/c1-12-11(16)14-9-4-2-8(3-5-9)10-6-7-13-15-10;3-2(4,5)1(6)7/h2-5,13H,6-7H2,1H3,(H2,12,14,16);(H,6,7). The number of halogens is 3. The molecular weight excluding hydrogens is 317 g/mol. The molecule has 0 saturated heterocycles. The van der Waals surface area contributed by atoms with Gasteiger partial charge in [0, 0.05) is 25.7 Å². The van der Waals surface area contributed by atoms with E-state index in [0.717, 1.165) is 29.9 Å². The van der Waals surface area contributed by atoms with Crippen molar-refractivity contribution in [2.75, 3.05) is 18.9 Å². The zero-order chi connectivity index (χ0) is 17.5. The van der Waals surface area contributed by atoms with Gasteiger partial charge in [-0.25, -0.2) is 9.59 Å². The summed E-state index contributed by atoms with van der Waals surface area (Å²) in [7, 11) is 1.59. The van der Waals surface area contributed by atoms with Gasteiger partial charge in [0.05, 0.1) is 5.71 Å². The molecule has 7 nitrogen and oxygen atoms in total. The number of carbonyl (C=O) groups excluding carboxylic acids is 1. The van der Waals surface area contributed by atoms with Crippen LogP contribution in [0.5, 0.6) is 0 Å². The maximum atomic E-state index is 11.1. The molecule has 0 radical (unpaired) electrons. The molecule has 0 bridgehead atoms. The fourth-order valence-corrected chi connectivity index (χ4v) is 1.53. The van der Waals surface area contributed by atoms with E-state index in [-0.39, 0.29) is 6.03 Å². The largest absolute Gasteiger partial charge is 0.490 e. The van der Waals surface area contributed by atoms with Crippen LogP contribution in [0.25, 0.3) is 0 Å². The van der Waals surface area contributed by atoms with E-state index in [1.165, 1.54) is 0 Å². The number of nitrogens with zero attached hydrogens (tertiary/aromatic N) is 1. The second-order valence-corrected chi connectivity index (χ2v) is 4.30. The molecule has 1 aliphatic heterocycles. The molecule has 126 valence electrons. The highest BCUT2D eigenvalue weighted by Gasteiger charge is 2.38. The SMILES string of the molecule is CNC(=O)Nc1ccc(C2=NNCC2)cc1.O=C(O)C(F)(F)F. The first-order chi connectivity index (χ1) is 10.7. The quantitative estimate of drug-likeness (QED) is 0.663. The summed E-state index contributed by atoms with van der Waals surface area (Å²) >= 11 is 0. The minimum absolute atomic E-state index is 0.215. The van der Waals surface area contributed by atoms with Crippen LogP contribution >= 0.6 is 0 Å². The molecule has 2 amide bonds. The van der Waals surface area contributed by atoms with Crippen LogP contribution in [0.4, 0.5) is 23.7 Å². The Morgan fingerprint density at radius 3 is 2.22 bits per heavy atom. The van der Waals surface area contributed by atoms with Gasteiger partial charge in [-0.05, 0) is 17.7 Å². The fourth-order valence-electron chi connectivity index (χ4n) is 1.53. The first-order valence-corrected chi connectivity index (χ1v) is 6.42. The number of hydrogen-bond donors (Lipinski definition) is 4. The maximum Gasteiger partial charge on any atom is 0.490 e. The van der Waals surface area contributed by atoms with E-state index in [9.17, 15) is 18.0 Å². The Morgan fingerprint density at radius 2 is 1.83 bits per heavy atom. The lowest BCUT2D eigenvalue weighted by molar-refractivity contribution is -0.192. The van der Waals surface area contributed by atoms with Crippen molar-refractivity contribution in [2.45, 2.75) is 12.6 Å². The number of alkyl halides is 3. The molecule has 0 unspecified atom stereocenters. The van der Waals surface area contributed by atoms with Crippen molar-refractivity contribution >= 4 is 23.4 Å². The highest BCUT2D eigenvalue weighted by Crippen LogP contribution is 2.13. The molecule has 1 heterocycles. The van der Waals surface area contributed by atoms with Crippen LogP contribution < -0.4 is 16.1 Å². The lowest BCUT2D eigenvalue weighted by Gasteiger charge is -2.05. The van der Waals surface area contributed by atoms with Crippen LogP contribution in [-0.2, 0) is 4.79 Å². The summed E-state index contributed by atoms with van der Waals surface area (Å²) in [6.45, 7) is 0.896. The first-order valence-electron chi connectivity index (χ1n) is 6.42. The van der Waals surface area contributed by atoms with Crippen molar-refractivity contribution in [3.63, 3.8) is 0 Å². The summed E-state index contributed by atoms with van der Waals surface area (Å²) in [4.78, 5) is 20.0. The third kappa shape index (κ3) is 6.24. The molecule has 0 saturated carbocycles. The molecule has 23 heavy (non-hydrogen) atoms. The predicted molar refractivity (Wildman–Crippen MR) is 77.4 cm³/mol. The molecular formula is C13H15F3N4O3. The number of carbonyl (C=O) groups is 2. The van der Waals surface area contributed by atoms with Crippen molar-refractivity contribution in [1.29, 1.82) is 0 Å². The van der Waals surface area contributed by atoms with Gasteiger partial charge in [-0.1, -0.05) is 12.1 Å². The van der Waals surface area contributed by atoms with E-state index in [4.69, 9.17) is 9.90 Å². The average Bonchev–Trinajstić information content (AvgIpc) is 3.02. The molecule has 10 heteroatoms. The van der Waals surface area contributed by atoms with Gasteiger partial charge in [-0.15, -0.1) is 0 Å². The fraction of sp³-hybridized carbons (Fsp3) is 0.308. The number of hydrazone groups is 1. The van der Waals surface area contributed by atoms with Crippen LogP contribution in [0.3, 0.4) is 0 Å². The van der Waals surface area contributed by atoms with Crippen LogP contribution in [0, 0.1) is 0 Å². The van der Waals surface area contributed by atoms with Crippen molar-refractivity contribution in [1.82, 2.24) is 10.7 Å². The minimum Gasteiger partial charge on any atom is -0.475 e. The van der Waals surface area contributed by atoms with E-state index >= 15 is 0 Å². The number of urea groups is 1. The number of hydrogen-bond acceptors (Lipinski definition) is 4. The first kappa shape index (κ1) is 18.3. The lowest BCUT2D eigenvalue weighted by atomic mass is 10.1. The summed E-state index contributed by atoms with van der Waals surface area (Å²) < 4.78 is 31.7. The Hall–Kier alpha value is -2.78. The highest BCUT2D eigenvalue weighted by molar-refractivity contribution is 6.01. The minimum atomic E-state index is -5.08.